The highest BCUT2D eigenvalue weighted by molar-refractivity contribution is 14.0. The summed E-state index contributed by atoms with van der Waals surface area (Å²) < 4.78 is 0. The van der Waals surface area contributed by atoms with E-state index in [0.29, 0.717) is 18.7 Å². The van der Waals surface area contributed by atoms with Crippen molar-refractivity contribution in [2.24, 2.45) is 4.99 Å². The van der Waals surface area contributed by atoms with Crippen LogP contribution in [-0.4, -0.2) is 62.0 Å². The van der Waals surface area contributed by atoms with Crippen LogP contribution in [0.4, 0.5) is 0 Å². The highest BCUT2D eigenvalue weighted by atomic mass is 127. The first-order valence-corrected chi connectivity index (χ1v) is 11.3. The van der Waals surface area contributed by atoms with Gasteiger partial charge < -0.3 is 20.9 Å². The van der Waals surface area contributed by atoms with Crippen molar-refractivity contribution in [2.75, 3.05) is 40.3 Å². The topological polar surface area (TPSA) is 81.7 Å². The quantitative estimate of drug-likeness (QED) is 0.225. The second kappa shape index (κ2) is 15.1. The molecule has 0 radical (unpaired) electrons. The fourth-order valence-electron chi connectivity index (χ4n) is 2.73. The summed E-state index contributed by atoms with van der Waals surface area (Å²) >= 11 is 1.77. The molecule has 0 bridgehead atoms. The molecular formula is C22H35IN6OS. The van der Waals surface area contributed by atoms with Crippen molar-refractivity contribution in [3.05, 3.63) is 51.5 Å². The molecule has 2 aromatic rings. The number of nitrogens with zero attached hydrogens (tertiary/aromatic N) is 3. The lowest BCUT2D eigenvalue weighted by Crippen LogP contribution is -2.38. The summed E-state index contributed by atoms with van der Waals surface area (Å²) in [5.41, 5.74) is 1.66. The molecule has 0 fully saturated rings. The van der Waals surface area contributed by atoms with E-state index in [1.165, 1.54) is 4.88 Å². The monoisotopic (exact) mass is 558 g/mol. The van der Waals surface area contributed by atoms with Crippen molar-refractivity contribution in [1.29, 1.82) is 0 Å². The highest BCUT2D eigenvalue weighted by Crippen LogP contribution is 2.13. The first kappa shape index (κ1) is 27.3. The Hall–Kier alpha value is -1.72. The van der Waals surface area contributed by atoms with Crippen LogP contribution in [0.2, 0.25) is 0 Å². The van der Waals surface area contributed by atoms with Gasteiger partial charge in [0.2, 0.25) is 0 Å². The molecule has 0 atom stereocenters. The Labute approximate surface area is 207 Å². The third kappa shape index (κ3) is 10.4. The molecular weight excluding hydrogens is 523 g/mol. The second-order valence-corrected chi connectivity index (χ2v) is 8.41. The van der Waals surface area contributed by atoms with E-state index in [9.17, 15) is 4.79 Å². The lowest BCUT2D eigenvalue weighted by atomic mass is 10.1. The number of rotatable bonds is 11. The van der Waals surface area contributed by atoms with Gasteiger partial charge in [-0.15, -0.1) is 35.3 Å². The van der Waals surface area contributed by atoms with Crippen molar-refractivity contribution in [1.82, 2.24) is 25.8 Å². The van der Waals surface area contributed by atoms with Crippen LogP contribution >= 0.6 is 35.3 Å². The number of nitrogens with one attached hydrogen (secondary N) is 3. The number of thiazole rings is 1. The number of guanidine groups is 1. The number of carbonyl (C=O) groups is 1. The molecule has 0 unspecified atom stereocenters. The predicted octanol–water partition coefficient (Wildman–Crippen LogP) is 2.91. The normalized spacial score (nSPS) is 11.2. The fraction of sp³-hybridized carbons (Fsp3) is 0.500. The Kier molecular flexibility index (Phi) is 13.3. The molecule has 1 aromatic carbocycles. The van der Waals surface area contributed by atoms with Crippen LogP contribution < -0.4 is 16.0 Å². The molecule has 2 rings (SSSR count). The molecule has 31 heavy (non-hydrogen) atoms. The average molecular weight is 559 g/mol. The number of benzene rings is 1. The number of carbonyl (C=O) groups excluding carboxylic acids is 1. The molecule has 1 aromatic heterocycles. The number of likely N-dealkylation sites (N-methyl/N-ethyl adjacent to an activating group) is 1. The predicted molar refractivity (Wildman–Crippen MR) is 141 cm³/mol. The van der Waals surface area contributed by atoms with Gasteiger partial charge in [0.05, 0.1) is 11.6 Å². The minimum absolute atomic E-state index is 0. The lowest BCUT2D eigenvalue weighted by Gasteiger charge is -2.12. The Morgan fingerprint density at radius 3 is 2.65 bits per heavy atom. The third-order valence-electron chi connectivity index (χ3n) is 4.38. The van der Waals surface area contributed by atoms with E-state index in [0.717, 1.165) is 49.0 Å². The fourth-order valence-corrected chi connectivity index (χ4v) is 3.59. The standard InChI is InChI=1S/C22H34N6OS.HI/c1-5-19-16-26-20(30-19)10-11-25-22(23-6-2)27-15-17-8-7-9-18(14-17)21(29)24-12-13-28(3)4;/h7-9,14,16H,5-6,10-13,15H2,1-4H3,(H,24,29)(H2,23,25,27);1H. The van der Waals surface area contributed by atoms with Crippen molar-refractivity contribution in [2.45, 2.75) is 33.2 Å². The molecule has 0 aliphatic heterocycles. The van der Waals surface area contributed by atoms with Crippen LogP contribution in [0, 0.1) is 0 Å². The number of halogens is 1. The zero-order valence-corrected chi connectivity index (χ0v) is 22.0. The van der Waals surface area contributed by atoms with Crippen molar-refractivity contribution in [3.8, 4) is 0 Å². The summed E-state index contributed by atoms with van der Waals surface area (Å²) in [6.07, 6.45) is 3.86. The SMILES string of the molecule is CCNC(=NCc1cccc(C(=O)NCCN(C)C)c1)NCCc1ncc(CC)s1.I. The number of aliphatic imine (C=N–C) groups is 1. The Bertz CT molecular complexity index is 824. The van der Waals surface area contributed by atoms with Gasteiger partial charge in [-0.2, -0.15) is 0 Å². The average Bonchev–Trinajstić information content (AvgIpc) is 3.20. The molecule has 0 aliphatic rings. The summed E-state index contributed by atoms with van der Waals surface area (Å²) in [6, 6.07) is 7.63. The van der Waals surface area contributed by atoms with Gasteiger partial charge in [-0.3, -0.25) is 4.79 Å². The van der Waals surface area contributed by atoms with Crippen LogP contribution in [0.15, 0.2) is 35.5 Å². The molecule has 1 amide bonds. The lowest BCUT2D eigenvalue weighted by molar-refractivity contribution is 0.0951. The molecule has 0 saturated heterocycles. The zero-order valence-electron chi connectivity index (χ0n) is 18.9. The van der Waals surface area contributed by atoms with E-state index in [1.807, 2.05) is 56.4 Å². The van der Waals surface area contributed by atoms with Gasteiger partial charge in [-0.25, -0.2) is 9.98 Å². The Morgan fingerprint density at radius 2 is 1.97 bits per heavy atom. The van der Waals surface area contributed by atoms with Crippen molar-refractivity contribution < 1.29 is 4.79 Å². The van der Waals surface area contributed by atoms with E-state index in [1.54, 1.807) is 11.3 Å². The van der Waals surface area contributed by atoms with Crippen LogP contribution in [0.25, 0.3) is 0 Å². The first-order valence-electron chi connectivity index (χ1n) is 10.5. The zero-order chi connectivity index (χ0) is 21.8. The number of aromatic nitrogens is 1. The number of hydrogen-bond acceptors (Lipinski definition) is 5. The van der Waals surface area contributed by atoms with E-state index in [-0.39, 0.29) is 29.9 Å². The van der Waals surface area contributed by atoms with Gasteiger partial charge in [0.25, 0.3) is 5.91 Å². The Balaban J connectivity index is 0.00000480. The van der Waals surface area contributed by atoms with Crippen LogP contribution in [0.1, 0.15) is 39.7 Å². The van der Waals surface area contributed by atoms with E-state index >= 15 is 0 Å². The molecule has 7 nitrogen and oxygen atoms in total. The van der Waals surface area contributed by atoms with Gasteiger partial charge in [0.15, 0.2) is 5.96 Å². The molecule has 1 heterocycles. The maximum Gasteiger partial charge on any atom is 0.251 e. The van der Waals surface area contributed by atoms with Crippen LogP contribution in [0.3, 0.4) is 0 Å². The number of hydrogen-bond donors (Lipinski definition) is 3. The van der Waals surface area contributed by atoms with Gasteiger partial charge in [-0.1, -0.05) is 19.1 Å². The minimum Gasteiger partial charge on any atom is -0.357 e. The molecule has 0 saturated carbocycles. The van der Waals surface area contributed by atoms with Gasteiger partial charge in [0.1, 0.15) is 0 Å². The van der Waals surface area contributed by atoms with Crippen LogP contribution in [0.5, 0.6) is 0 Å². The van der Waals surface area contributed by atoms with Crippen molar-refractivity contribution in [3.63, 3.8) is 0 Å². The largest absolute Gasteiger partial charge is 0.357 e. The summed E-state index contributed by atoms with van der Waals surface area (Å²) in [5.74, 6) is 0.716. The minimum atomic E-state index is -0.0531. The summed E-state index contributed by atoms with van der Waals surface area (Å²) in [5, 5.41) is 10.7. The number of aryl methyl sites for hydroxylation is 1. The Morgan fingerprint density at radius 1 is 1.16 bits per heavy atom. The molecule has 0 aliphatic carbocycles. The number of amides is 1. The van der Waals surface area contributed by atoms with Crippen LogP contribution in [-0.2, 0) is 19.4 Å². The van der Waals surface area contributed by atoms with E-state index < -0.39 is 0 Å². The molecule has 172 valence electrons. The summed E-state index contributed by atoms with van der Waals surface area (Å²) in [7, 11) is 3.97. The van der Waals surface area contributed by atoms with Gasteiger partial charge >= 0.3 is 0 Å². The molecule has 3 N–H and O–H groups in total. The van der Waals surface area contributed by atoms with E-state index in [4.69, 9.17) is 0 Å². The summed E-state index contributed by atoms with van der Waals surface area (Å²) in [6.45, 7) is 7.70. The third-order valence-corrected chi connectivity index (χ3v) is 5.58. The van der Waals surface area contributed by atoms with Gasteiger partial charge in [0, 0.05) is 49.2 Å². The first-order chi connectivity index (χ1) is 14.5. The molecule has 9 heteroatoms. The van der Waals surface area contributed by atoms with Crippen molar-refractivity contribution >= 4 is 47.2 Å². The molecule has 0 spiro atoms. The van der Waals surface area contributed by atoms with Gasteiger partial charge in [-0.05, 0) is 45.1 Å². The highest BCUT2D eigenvalue weighted by Gasteiger charge is 2.06. The second-order valence-electron chi connectivity index (χ2n) is 7.21. The summed E-state index contributed by atoms with van der Waals surface area (Å²) in [4.78, 5) is 24.8. The smallest absolute Gasteiger partial charge is 0.251 e. The van der Waals surface area contributed by atoms with E-state index in [2.05, 4.69) is 32.9 Å². The maximum atomic E-state index is 12.3. The maximum absolute atomic E-state index is 12.3.